The summed E-state index contributed by atoms with van der Waals surface area (Å²) < 4.78 is 2.76. The SMILES string of the molecule is Cc1ccc(N)cc1-c1nnnn1-c1cccc(Br)c1C. The van der Waals surface area contributed by atoms with Gasteiger partial charge in [-0.05, 0) is 59.7 Å². The van der Waals surface area contributed by atoms with Crippen LogP contribution in [0.5, 0.6) is 0 Å². The highest BCUT2D eigenvalue weighted by Crippen LogP contribution is 2.28. The maximum absolute atomic E-state index is 5.89. The number of nitrogens with two attached hydrogens (primary N) is 1. The molecule has 5 nitrogen and oxygen atoms in total. The van der Waals surface area contributed by atoms with Crippen LogP contribution in [0.15, 0.2) is 40.9 Å². The van der Waals surface area contributed by atoms with Crippen molar-refractivity contribution in [3.8, 4) is 17.1 Å². The largest absolute Gasteiger partial charge is 0.399 e. The molecule has 0 spiro atoms. The molecule has 106 valence electrons. The van der Waals surface area contributed by atoms with Gasteiger partial charge in [-0.15, -0.1) is 5.10 Å². The van der Waals surface area contributed by atoms with E-state index in [0.717, 1.165) is 26.9 Å². The number of halogens is 1. The first kappa shape index (κ1) is 13.8. The minimum atomic E-state index is 0.681. The first-order valence-corrected chi connectivity index (χ1v) is 7.27. The highest BCUT2D eigenvalue weighted by Gasteiger charge is 2.15. The molecule has 0 bridgehead atoms. The van der Waals surface area contributed by atoms with Crippen molar-refractivity contribution in [3.05, 3.63) is 52.0 Å². The van der Waals surface area contributed by atoms with Gasteiger partial charge in [-0.25, -0.2) is 0 Å². The normalized spacial score (nSPS) is 10.8. The second-order valence-corrected chi connectivity index (χ2v) is 5.73. The third kappa shape index (κ3) is 2.42. The Bertz CT molecular complexity index is 793. The first-order chi connectivity index (χ1) is 10.1. The quantitative estimate of drug-likeness (QED) is 0.725. The number of aryl methyl sites for hydroxylation is 1. The van der Waals surface area contributed by atoms with E-state index in [2.05, 4.69) is 31.5 Å². The number of nitrogens with zero attached hydrogens (tertiary/aromatic N) is 4. The summed E-state index contributed by atoms with van der Waals surface area (Å²) >= 11 is 3.54. The van der Waals surface area contributed by atoms with Gasteiger partial charge in [0.2, 0.25) is 0 Å². The van der Waals surface area contributed by atoms with Crippen LogP contribution in [-0.4, -0.2) is 20.2 Å². The molecule has 6 heteroatoms. The van der Waals surface area contributed by atoms with Gasteiger partial charge < -0.3 is 5.73 Å². The maximum atomic E-state index is 5.89. The van der Waals surface area contributed by atoms with Crippen LogP contribution in [0, 0.1) is 13.8 Å². The van der Waals surface area contributed by atoms with E-state index in [4.69, 9.17) is 5.73 Å². The molecule has 2 N–H and O–H groups in total. The summed E-state index contributed by atoms with van der Waals surface area (Å²) in [5, 5.41) is 12.1. The third-order valence-corrected chi connectivity index (χ3v) is 4.30. The van der Waals surface area contributed by atoms with Crippen LogP contribution in [0.4, 0.5) is 5.69 Å². The van der Waals surface area contributed by atoms with E-state index < -0.39 is 0 Å². The smallest absolute Gasteiger partial charge is 0.187 e. The molecule has 0 saturated heterocycles. The number of rotatable bonds is 2. The minimum absolute atomic E-state index is 0.681. The van der Waals surface area contributed by atoms with E-state index in [1.165, 1.54) is 0 Å². The zero-order chi connectivity index (χ0) is 15.0. The van der Waals surface area contributed by atoms with Gasteiger partial charge in [0.15, 0.2) is 5.82 Å². The van der Waals surface area contributed by atoms with E-state index in [1.807, 2.05) is 50.2 Å². The van der Waals surface area contributed by atoms with Crippen molar-refractivity contribution in [3.63, 3.8) is 0 Å². The van der Waals surface area contributed by atoms with Crippen molar-refractivity contribution < 1.29 is 0 Å². The maximum Gasteiger partial charge on any atom is 0.187 e. The summed E-state index contributed by atoms with van der Waals surface area (Å²) in [6.07, 6.45) is 0. The number of hydrogen-bond acceptors (Lipinski definition) is 4. The first-order valence-electron chi connectivity index (χ1n) is 6.48. The molecule has 0 amide bonds. The lowest BCUT2D eigenvalue weighted by Crippen LogP contribution is -2.03. The van der Waals surface area contributed by atoms with E-state index in [0.29, 0.717) is 11.5 Å². The summed E-state index contributed by atoms with van der Waals surface area (Å²) in [4.78, 5) is 0. The molecule has 1 aromatic heterocycles. The van der Waals surface area contributed by atoms with Crippen molar-refractivity contribution in [2.24, 2.45) is 0 Å². The standard InChI is InChI=1S/C15H14BrN5/c1-9-6-7-11(17)8-12(9)15-18-19-20-21(15)14-5-3-4-13(16)10(14)2/h3-8H,17H2,1-2H3. The van der Waals surface area contributed by atoms with Crippen LogP contribution in [-0.2, 0) is 0 Å². The molecule has 3 aromatic rings. The Kier molecular flexibility index (Phi) is 3.47. The van der Waals surface area contributed by atoms with Crippen molar-refractivity contribution in [2.45, 2.75) is 13.8 Å². The Morgan fingerprint density at radius 2 is 1.95 bits per heavy atom. The highest BCUT2D eigenvalue weighted by molar-refractivity contribution is 9.10. The Morgan fingerprint density at radius 1 is 1.14 bits per heavy atom. The predicted octanol–water partition coefficient (Wildman–Crippen LogP) is 3.29. The molecular weight excluding hydrogens is 330 g/mol. The lowest BCUT2D eigenvalue weighted by molar-refractivity contribution is 0.787. The minimum Gasteiger partial charge on any atom is -0.399 e. The highest BCUT2D eigenvalue weighted by atomic mass is 79.9. The van der Waals surface area contributed by atoms with Gasteiger partial charge in [-0.1, -0.05) is 28.1 Å². The zero-order valence-electron chi connectivity index (χ0n) is 11.7. The molecule has 0 aliphatic rings. The van der Waals surface area contributed by atoms with Crippen molar-refractivity contribution in [2.75, 3.05) is 5.73 Å². The van der Waals surface area contributed by atoms with Gasteiger partial charge in [0.1, 0.15) is 0 Å². The lowest BCUT2D eigenvalue weighted by atomic mass is 10.1. The molecule has 0 radical (unpaired) electrons. The van der Waals surface area contributed by atoms with E-state index in [9.17, 15) is 0 Å². The second kappa shape index (κ2) is 5.29. The summed E-state index contributed by atoms with van der Waals surface area (Å²) in [7, 11) is 0. The molecule has 2 aromatic carbocycles. The third-order valence-electron chi connectivity index (χ3n) is 3.44. The predicted molar refractivity (Wildman–Crippen MR) is 86.2 cm³/mol. The Balaban J connectivity index is 2.22. The Labute approximate surface area is 130 Å². The molecule has 0 aliphatic carbocycles. The van der Waals surface area contributed by atoms with Crippen molar-refractivity contribution >= 4 is 21.6 Å². The van der Waals surface area contributed by atoms with Crippen LogP contribution in [0.2, 0.25) is 0 Å². The number of benzene rings is 2. The lowest BCUT2D eigenvalue weighted by Gasteiger charge is -2.11. The van der Waals surface area contributed by atoms with E-state index in [-0.39, 0.29) is 0 Å². The summed E-state index contributed by atoms with van der Waals surface area (Å²) in [6, 6.07) is 11.7. The van der Waals surface area contributed by atoms with Crippen LogP contribution in [0.3, 0.4) is 0 Å². The summed E-state index contributed by atoms with van der Waals surface area (Å²) in [5.41, 5.74) is 10.6. The van der Waals surface area contributed by atoms with Crippen LogP contribution in [0.1, 0.15) is 11.1 Å². The zero-order valence-corrected chi connectivity index (χ0v) is 13.3. The fourth-order valence-corrected chi connectivity index (χ4v) is 2.58. The fourth-order valence-electron chi connectivity index (χ4n) is 2.22. The molecule has 1 heterocycles. The average molecular weight is 344 g/mol. The van der Waals surface area contributed by atoms with Gasteiger partial charge in [0, 0.05) is 15.7 Å². The summed E-state index contributed by atoms with van der Waals surface area (Å²) in [5.74, 6) is 0.681. The topological polar surface area (TPSA) is 69.6 Å². The van der Waals surface area contributed by atoms with E-state index >= 15 is 0 Å². The van der Waals surface area contributed by atoms with E-state index in [1.54, 1.807) is 4.68 Å². The van der Waals surface area contributed by atoms with Gasteiger partial charge in [-0.3, -0.25) is 0 Å². The second-order valence-electron chi connectivity index (χ2n) is 4.87. The van der Waals surface area contributed by atoms with Crippen molar-refractivity contribution in [1.82, 2.24) is 20.2 Å². The molecule has 0 unspecified atom stereocenters. The summed E-state index contributed by atoms with van der Waals surface area (Å²) in [6.45, 7) is 4.04. The number of anilines is 1. The van der Waals surface area contributed by atoms with Crippen LogP contribution in [0.25, 0.3) is 17.1 Å². The van der Waals surface area contributed by atoms with Gasteiger partial charge in [0.05, 0.1) is 5.69 Å². The average Bonchev–Trinajstić information content (AvgIpc) is 2.93. The fraction of sp³-hybridized carbons (Fsp3) is 0.133. The van der Waals surface area contributed by atoms with Crippen LogP contribution >= 0.6 is 15.9 Å². The molecule has 0 atom stereocenters. The molecule has 0 fully saturated rings. The van der Waals surface area contributed by atoms with Crippen LogP contribution < -0.4 is 5.73 Å². The number of hydrogen-bond donors (Lipinski definition) is 1. The monoisotopic (exact) mass is 343 g/mol. The van der Waals surface area contributed by atoms with Crippen molar-refractivity contribution in [1.29, 1.82) is 0 Å². The molecular formula is C15H14BrN5. The number of nitrogen functional groups attached to an aromatic ring is 1. The molecule has 0 saturated carbocycles. The molecule has 0 aliphatic heterocycles. The Hall–Kier alpha value is -2.21. The van der Waals surface area contributed by atoms with Gasteiger partial charge in [0.25, 0.3) is 0 Å². The Morgan fingerprint density at radius 3 is 2.76 bits per heavy atom. The molecule has 21 heavy (non-hydrogen) atoms. The van der Waals surface area contributed by atoms with Gasteiger partial charge >= 0.3 is 0 Å². The molecule has 3 rings (SSSR count). The number of tetrazole rings is 1. The van der Waals surface area contributed by atoms with Gasteiger partial charge in [-0.2, -0.15) is 4.68 Å². The number of aromatic nitrogens is 4.